The van der Waals surface area contributed by atoms with Crippen molar-refractivity contribution >= 4 is 35.0 Å². The number of aromatic nitrogens is 4. The fourth-order valence-corrected chi connectivity index (χ4v) is 6.92. The lowest BCUT2D eigenvalue weighted by Crippen LogP contribution is -2.52. The topological polar surface area (TPSA) is 118 Å². The van der Waals surface area contributed by atoms with Crippen LogP contribution in [0.3, 0.4) is 0 Å². The van der Waals surface area contributed by atoms with Crippen LogP contribution in [0, 0.1) is 24.5 Å². The molecule has 2 aromatic heterocycles. The molecule has 0 radical (unpaired) electrons. The zero-order valence-electron chi connectivity index (χ0n) is 31.4. The highest BCUT2D eigenvalue weighted by atomic mass is 35.5. The van der Waals surface area contributed by atoms with Crippen LogP contribution in [0.4, 0.5) is 23.2 Å². The molecule has 1 atom stereocenters. The van der Waals surface area contributed by atoms with Gasteiger partial charge in [-0.05, 0) is 57.6 Å². The van der Waals surface area contributed by atoms with E-state index in [0.29, 0.717) is 56.9 Å². The van der Waals surface area contributed by atoms with Crippen LogP contribution >= 0.6 is 11.6 Å². The number of nitrogens with zero attached hydrogens (tertiary/aromatic N) is 7. The molecular weight excluding hydrogens is 744 g/mol. The first kappa shape index (κ1) is 41.4. The summed E-state index contributed by atoms with van der Waals surface area (Å²) in [4.78, 5) is 48.8. The number of nitrogens with one attached hydrogen (secondary N) is 1. The van der Waals surface area contributed by atoms with Gasteiger partial charge in [-0.3, -0.25) is 19.1 Å². The number of methoxy groups -OCH3 is 1. The lowest BCUT2D eigenvalue weighted by Gasteiger charge is -2.36. The quantitative estimate of drug-likeness (QED) is 0.147. The van der Waals surface area contributed by atoms with Crippen molar-refractivity contribution in [3.63, 3.8) is 0 Å². The second-order valence-corrected chi connectivity index (χ2v) is 13.9. The number of piperazine rings is 1. The van der Waals surface area contributed by atoms with Crippen LogP contribution < -0.4 is 5.32 Å². The Bertz CT molecular complexity index is 2010. The van der Waals surface area contributed by atoms with Gasteiger partial charge in [0.05, 0.1) is 48.4 Å². The molecule has 2 aromatic carbocycles. The highest BCUT2D eigenvalue weighted by Gasteiger charge is 2.30. The Kier molecular flexibility index (Phi) is 13.7. The van der Waals surface area contributed by atoms with E-state index in [1.165, 1.54) is 59.2 Å². The highest BCUT2D eigenvalue weighted by molar-refractivity contribution is 6.34. The zero-order chi connectivity index (χ0) is 40.0. The van der Waals surface area contributed by atoms with Crippen molar-refractivity contribution in [2.45, 2.75) is 39.7 Å². The number of rotatable bonds is 15. The van der Waals surface area contributed by atoms with E-state index in [4.69, 9.17) is 16.3 Å². The van der Waals surface area contributed by atoms with Gasteiger partial charge in [0, 0.05) is 74.3 Å². The van der Waals surface area contributed by atoms with Crippen molar-refractivity contribution in [1.82, 2.24) is 34.0 Å². The van der Waals surface area contributed by atoms with Gasteiger partial charge >= 0.3 is 0 Å². The normalized spacial score (nSPS) is 13.9. The predicted molar refractivity (Wildman–Crippen MR) is 200 cm³/mol. The van der Waals surface area contributed by atoms with E-state index in [-0.39, 0.29) is 76.3 Å². The van der Waals surface area contributed by atoms with Crippen molar-refractivity contribution < 1.29 is 36.7 Å². The summed E-state index contributed by atoms with van der Waals surface area (Å²) in [5, 5.41) is 7.04. The fraction of sp³-hybridized carbons (Fsp3) is 0.447. The van der Waals surface area contributed by atoms with E-state index in [1.54, 1.807) is 35.6 Å². The molecule has 17 heteroatoms. The number of alkyl halides is 2. The van der Waals surface area contributed by atoms with Gasteiger partial charge in [0.2, 0.25) is 5.91 Å². The van der Waals surface area contributed by atoms with Crippen LogP contribution in [0.15, 0.2) is 42.7 Å². The van der Waals surface area contributed by atoms with E-state index >= 15 is 8.78 Å². The van der Waals surface area contributed by atoms with Gasteiger partial charge in [-0.25, -0.2) is 22.5 Å². The minimum absolute atomic E-state index is 0.0475. The van der Waals surface area contributed by atoms with Gasteiger partial charge in [0.25, 0.3) is 18.2 Å². The molecule has 1 saturated heterocycles. The molecule has 0 spiro atoms. The fourth-order valence-electron chi connectivity index (χ4n) is 6.66. The first-order valence-electron chi connectivity index (χ1n) is 17.9. The Balaban J connectivity index is 1.20. The molecule has 1 N–H and O–H groups in total. The van der Waals surface area contributed by atoms with E-state index in [2.05, 4.69) is 15.4 Å². The molecule has 296 valence electrons. The van der Waals surface area contributed by atoms with Gasteiger partial charge in [-0.2, -0.15) is 5.10 Å². The third-order valence-electron chi connectivity index (χ3n) is 9.94. The Labute approximate surface area is 322 Å². The van der Waals surface area contributed by atoms with Crippen LogP contribution in [0.25, 0.3) is 22.4 Å². The Morgan fingerprint density at radius 2 is 1.67 bits per heavy atom. The molecule has 4 aromatic rings. The lowest BCUT2D eigenvalue weighted by atomic mass is 9.99. The van der Waals surface area contributed by atoms with E-state index in [0.717, 1.165) is 0 Å². The summed E-state index contributed by atoms with van der Waals surface area (Å²) in [5.74, 6) is -3.58. The van der Waals surface area contributed by atoms with Crippen LogP contribution in [-0.2, 0) is 23.1 Å². The molecule has 3 amide bonds. The number of imidazole rings is 1. The summed E-state index contributed by atoms with van der Waals surface area (Å²) in [6.07, 6.45) is 1.37. The molecule has 12 nitrogen and oxygen atoms in total. The maximum atomic E-state index is 15.5. The van der Waals surface area contributed by atoms with E-state index < -0.39 is 24.0 Å². The Morgan fingerprint density at radius 3 is 2.33 bits per heavy atom. The number of carbonyl (C=O) groups is 3. The summed E-state index contributed by atoms with van der Waals surface area (Å²) >= 11 is 6.52. The molecule has 1 aliphatic rings. The molecule has 1 aliphatic heterocycles. The average Bonchev–Trinajstić information content (AvgIpc) is 3.72. The number of hydrogen-bond acceptors (Lipinski definition) is 7. The lowest BCUT2D eigenvalue weighted by molar-refractivity contribution is -0.137. The van der Waals surface area contributed by atoms with Crippen LogP contribution in [0.5, 0.6) is 0 Å². The monoisotopic (exact) mass is 788 g/mol. The summed E-state index contributed by atoms with van der Waals surface area (Å²) in [5.41, 5.74) is 1.72. The van der Waals surface area contributed by atoms with Crippen LogP contribution in [0.1, 0.15) is 46.4 Å². The van der Waals surface area contributed by atoms with Crippen molar-refractivity contribution in [2.75, 3.05) is 65.3 Å². The second-order valence-electron chi connectivity index (χ2n) is 13.5. The molecule has 0 aliphatic carbocycles. The average molecular weight is 789 g/mol. The first-order chi connectivity index (χ1) is 26.2. The minimum Gasteiger partial charge on any atom is -0.383 e. The number of carbonyl (C=O) groups excluding carboxylic acids is 3. The molecule has 5 rings (SSSR count). The largest absolute Gasteiger partial charge is 0.383 e. The number of amides is 3. The summed E-state index contributed by atoms with van der Waals surface area (Å²) in [6, 6.07) is 7.33. The number of benzene rings is 2. The Morgan fingerprint density at radius 1 is 1.00 bits per heavy atom. The maximum Gasteiger partial charge on any atom is 0.291 e. The second kappa shape index (κ2) is 18.2. The maximum absolute atomic E-state index is 15.5. The third kappa shape index (κ3) is 9.36. The van der Waals surface area contributed by atoms with Crippen molar-refractivity contribution in [3.05, 3.63) is 76.5 Å². The summed E-state index contributed by atoms with van der Waals surface area (Å²) in [6.45, 7) is 5.78. The third-order valence-corrected chi connectivity index (χ3v) is 10.2. The summed E-state index contributed by atoms with van der Waals surface area (Å²) in [7, 11) is 4.68. The van der Waals surface area contributed by atoms with Crippen LogP contribution in [-0.4, -0.2) is 118 Å². The van der Waals surface area contributed by atoms with Crippen LogP contribution in [0.2, 0.25) is 5.02 Å². The SMILES string of the molecule is CCC(CCN(C)CC(F)F)C(=O)N1CCN(C(=O)c2ccc(NC(=O)c3ncc(-c4ccc(-c5cnn(CCOC)c5C)c(F)c4F)n3C)cc2Cl)CC1. The number of ether oxygens (including phenoxy) is 1. The van der Waals surface area contributed by atoms with Crippen molar-refractivity contribution in [2.24, 2.45) is 13.0 Å². The molecule has 3 heterocycles. The summed E-state index contributed by atoms with van der Waals surface area (Å²) < 4.78 is 64.4. The van der Waals surface area contributed by atoms with E-state index in [9.17, 15) is 23.2 Å². The predicted octanol–water partition coefficient (Wildman–Crippen LogP) is 5.99. The number of halogens is 5. The number of hydrogen-bond donors (Lipinski definition) is 1. The van der Waals surface area contributed by atoms with E-state index in [1.807, 2.05) is 6.92 Å². The smallest absolute Gasteiger partial charge is 0.291 e. The standard InChI is InChI=1S/C38H45ClF4N8O4/c1-6-24(11-12-47(3)22-32(40)41)37(53)49-13-15-50(16-14-49)38(54)27-8-7-25(19-30(27)39)46-36(52)35-44-21-31(48(35)4)28-10-9-26(33(42)34(28)43)29-20-45-51(23(29)2)17-18-55-5/h7-10,19-21,24,32H,6,11-18,22H2,1-5H3,(H,46,52). The van der Waals surface area contributed by atoms with Crippen molar-refractivity contribution in [1.29, 1.82) is 0 Å². The van der Waals surface area contributed by atoms with Gasteiger partial charge < -0.3 is 29.3 Å². The van der Waals surface area contributed by atoms with Gasteiger partial charge in [0.1, 0.15) is 0 Å². The zero-order valence-corrected chi connectivity index (χ0v) is 32.2. The highest BCUT2D eigenvalue weighted by Crippen LogP contribution is 2.33. The molecule has 1 unspecified atom stereocenters. The van der Waals surface area contributed by atoms with Crippen molar-refractivity contribution in [3.8, 4) is 22.4 Å². The molecule has 55 heavy (non-hydrogen) atoms. The first-order valence-corrected chi connectivity index (χ1v) is 18.3. The molecule has 0 bridgehead atoms. The molecule has 1 fully saturated rings. The molecular formula is C38H45ClF4N8O4. The Hall–Kier alpha value is -4.80. The van der Waals surface area contributed by atoms with Gasteiger partial charge in [-0.1, -0.05) is 24.6 Å². The number of anilines is 1. The minimum atomic E-state index is -2.44. The van der Waals surface area contributed by atoms with Gasteiger partial charge in [-0.15, -0.1) is 0 Å². The molecule has 0 saturated carbocycles. The van der Waals surface area contributed by atoms with Gasteiger partial charge in [0.15, 0.2) is 17.5 Å².